The molecule has 0 saturated carbocycles. The predicted molar refractivity (Wildman–Crippen MR) is 70.3 cm³/mol. The molecule has 1 atom stereocenters. The van der Waals surface area contributed by atoms with Crippen LogP contribution < -0.4 is 0 Å². The number of methoxy groups -OCH3 is 1. The van der Waals surface area contributed by atoms with Crippen molar-refractivity contribution in [2.45, 2.75) is 32.1 Å². The van der Waals surface area contributed by atoms with Crippen molar-refractivity contribution in [3.63, 3.8) is 0 Å². The number of nitrogens with one attached hydrogen (secondary N) is 1. The van der Waals surface area contributed by atoms with Gasteiger partial charge in [0.15, 0.2) is 0 Å². The van der Waals surface area contributed by atoms with Crippen LogP contribution in [0.15, 0.2) is 24.9 Å². The molecule has 0 radical (unpaired) electrons. The molecule has 102 valence electrons. The second kappa shape index (κ2) is 5.54. The van der Waals surface area contributed by atoms with Gasteiger partial charge in [0, 0.05) is 50.7 Å². The second-order valence-corrected chi connectivity index (χ2v) is 4.99. The lowest BCUT2D eigenvalue weighted by Gasteiger charge is -2.28. The van der Waals surface area contributed by atoms with Gasteiger partial charge in [0.05, 0.1) is 24.8 Å². The molecular weight excluding hydrogens is 242 g/mol. The summed E-state index contributed by atoms with van der Waals surface area (Å²) < 4.78 is 7.61. The summed E-state index contributed by atoms with van der Waals surface area (Å²) >= 11 is 0. The minimum atomic E-state index is 0.430. The van der Waals surface area contributed by atoms with Crippen molar-refractivity contribution in [2.24, 2.45) is 0 Å². The summed E-state index contributed by atoms with van der Waals surface area (Å²) in [5.74, 6) is 0. The fraction of sp³-hybridized carbons (Fsp3) is 0.538. The van der Waals surface area contributed by atoms with Crippen LogP contribution in [0.4, 0.5) is 0 Å². The topological polar surface area (TPSA) is 59.0 Å². The lowest BCUT2D eigenvalue weighted by molar-refractivity contribution is 0.0780. The Morgan fingerprint density at radius 3 is 3.21 bits per heavy atom. The smallest absolute Gasteiger partial charge is 0.0948 e. The highest BCUT2D eigenvalue weighted by atomic mass is 16.5. The van der Waals surface area contributed by atoms with E-state index in [1.165, 1.54) is 11.3 Å². The van der Waals surface area contributed by atoms with Gasteiger partial charge in [-0.15, -0.1) is 0 Å². The summed E-state index contributed by atoms with van der Waals surface area (Å²) in [5.41, 5.74) is 2.47. The number of aromatic amines is 1. The summed E-state index contributed by atoms with van der Waals surface area (Å²) in [5, 5.41) is 6.89. The first-order valence-corrected chi connectivity index (χ1v) is 6.56. The summed E-state index contributed by atoms with van der Waals surface area (Å²) in [4.78, 5) is 6.67. The molecule has 3 rings (SSSR count). The minimum absolute atomic E-state index is 0.430. The molecule has 6 nitrogen and oxygen atoms in total. The molecule has 0 aromatic carbocycles. The molecule has 2 aromatic rings. The van der Waals surface area contributed by atoms with Crippen LogP contribution in [-0.4, -0.2) is 44.4 Å². The van der Waals surface area contributed by atoms with Gasteiger partial charge in [-0.2, -0.15) is 5.10 Å². The van der Waals surface area contributed by atoms with Crippen LogP contribution in [0.2, 0.25) is 0 Å². The molecule has 1 aliphatic heterocycles. The van der Waals surface area contributed by atoms with Crippen molar-refractivity contribution < 1.29 is 4.74 Å². The van der Waals surface area contributed by atoms with Gasteiger partial charge in [-0.3, -0.25) is 10.00 Å². The van der Waals surface area contributed by atoms with Gasteiger partial charge in [0.1, 0.15) is 0 Å². The van der Waals surface area contributed by atoms with Crippen LogP contribution >= 0.6 is 0 Å². The highest BCUT2D eigenvalue weighted by molar-refractivity contribution is 5.06. The Kier molecular flexibility index (Phi) is 3.61. The third kappa shape index (κ3) is 2.69. The average Bonchev–Trinajstić information content (AvgIpc) is 3.03. The van der Waals surface area contributed by atoms with Gasteiger partial charge in [0.2, 0.25) is 0 Å². The number of aryl methyl sites for hydroxylation is 1. The highest BCUT2D eigenvalue weighted by Gasteiger charge is 2.24. The Morgan fingerprint density at radius 1 is 1.47 bits per heavy atom. The van der Waals surface area contributed by atoms with E-state index in [1.54, 1.807) is 7.11 Å². The first kappa shape index (κ1) is 12.4. The van der Waals surface area contributed by atoms with Gasteiger partial charge in [-0.05, 0) is 6.42 Å². The van der Waals surface area contributed by atoms with E-state index >= 15 is 0 Å². The molecule has 0 bridgehead atoms. The molecule has 6 heteroatoms. The van der Waals surface area contributed by atoms with Gasteiger partial charge in [0.25, 0.3) is 0 Å². The first-order valence-electron chi connectivity index (χ1n) is 6.56. The van der Waals surface area contributed by atoms with E-state index in [0.717, 1.165) is 32.7 Å². The van der Waals surface area contributed by atoms with Crippen LogP contribution in [0.1, 0.15) is 17.7 Å². The molecule has 0 saturated heterocycles. The number of imidazole rings is 1. The molecule has 0 fully saturated rings. The first-order chi connectivity index (χ1) is 9.36. The van der Waals surface area contributed by atoms with Crippen molar-refractivity contribution >= 4 is 0 Å². The minimum Gasteiger partial charge on any atom is -0.383 e. The molecule has 0 spiro atoms. The number of aromatic nitrogens is 4. The fourth-order valence-corrected chi connectivity index (χ4v) is 2.65. The Balaban J connectivity index is 1.79. The highest BCUT2D eigenvalue weighted by Crippen LogP contribution is 2.19. The van der Waals surface area contributed by atoms with Crippen molar-refractivity contribution in [1.82, 2.24) is 24.6 Å². The quantitative estimate of drug-likeness (QED) is 0.893. The lowest BCUT2D eigenvalue weighted by atomic mass is 10.1. The van der Waals surface area contributed by atoms with Crippen molar-refractivity contribution in [3.05, 3.63) is 36.2 Å². The Labute approximate surface area is 112 Å². The molecule has 0 aliphatic carbocycles. The lowest BCUT2D eigenvalue weighted by Crippen LogP contribution is -2.36. The molecule has 1 aliphatic rings. The van der Waals surface area contributed by atoms with Crippen molar-refractivity contribution in [1.29, 1.82) is 0 Å². The standard InChI is InChI=1S/C13H19N5O/c1-19-9-12-2-3-17-10-14-6-13(17)8-18(12)7-11-4-15-16-5-11/h4-6,10,12H,2-3,7-9H2,1H3,(H,15,16). The van der Waals surface area contributed by atoms with E-state index in [4.69, 9.17) is 4.74 Å². The Morgan fingerprint density at radius 2 is 2.42 bits per heavy atom. The van der Waals surface area contributed by atoms with Gasteiger partial charge in [-0.25, -0.2) is 4.98 Å². The van der Waals surface area contributed by atoms with Crippen LogP contribution in [0.3, 0.4) is 0 Å². The number of fused-ring (bicyclic) bond motifs is 1. The fourth-order valence-electron chi connectivity index (χ4n) is 2.65. The summed E-state index contributed by atoms with van der Waals surface area (Å²) in [6.07, 6.45) is 8.78. The molecule has 19 heavy (non-hydrogen) atoms. The van der Waals surface area contributed by atoms with Crippen LogP contribution in [0, 0.1) is 0 Å². The molecule has 3 heterocycles. The maximum absolute atomic E-state index is 5.37. The third-order valence-corrected chi connectivity index (χ3v) is 3.68. The average molecular weight is 261 g/mol. The van der Waals surface area contributed by atoms with Crippen molar-refractivity contribution in [2.75, 3.05) is 13.7 Å². The van der Waals surface area contributed by atoms with E-state index in [1.807, 2.05) is 24.9 Å². The summed E-state index contributed by atoms with van der Waals surface area (Å²) in [6, 6.07) is 0.430. The van der Waals surface area contributed by atoms with Gasteiger partial charge in [-0.1, -0.05) is 0 Å². The van der Waals surface area contributed by atoms with Crippen LogP contribution in [-0.2, 0) is 24.4 Å². The van der Waals surface area contributed by atoms with E-state index in [2.05, 4.69) is 24.6 Å². The summed E-state index contributed by atoms with van der Waals surface area (Å²) in [7, 11) is 1.77. The van der Waals surface area contributed by atoms with Crippen molar-refractivity contribution in [3.8, 4) is 0 Å². The monoisotopic (exact) mass is 261 g/mol. The van der Waals surface area contributed by atoms with Crippen LogP contribution in [0.5, 0.6) is 0 Å². The van der Waals surface area contributed by atoms with E-state index in [-0.39, 0.29) is 0 Å². The van der Waals surface area contributed by atoms with Crippen LogP contribution in [0.25, 0.3) is 0 Å². The van der Waals surface area contributed by atoms with Gasteiger partial charge < -0.3 is 9.30 Å². The maximum atomic E-state index is 5.37. The number of nitrogens with zero attached hydrogens (tertiary/aromatic N) is 4. The maximum Gasteiger partial charge on any atom is 0.0948 e. The van der Waals surface area contributed by atoms with E-state index in [9.17, 15) is 0 Å². The number of H-pyrrole nitrogens is 1. The largest absolute Gasteiger partial charge is 0.383 e. The number of hydrogen-bond donors (Lipinski definition) is 1. The summed E-state index contributed by atoms with van der Waals surface area (Å²) in [6.45, 7) is 3.55. The molecule has 0 amide bonds. The molecule has 2 aromatic heterocycles. The number of hydrogen-bond acceptors (Lipinski definition) is 4. The zero-order chi connectivity index (χ0) is 13.1. The normalized spacial score (nSPS) is 20.2. The SMILES string of the molecule is COCC1CCn2cncc2CN1Cc1cn[nH]c1. The third-order valence-electron chi connectivity index (χ3n) is 3.68. The number of rotatable bonds is 4. The Bertz CT molecular complexity index is 507. The number of ether oxygens (including phenoxy) is 1. The van der Waals surface area contributed by atoms with E-state index < -0.39 is 0 Å². The predicted octanol–water partition coefficient (Wildman–Crippen LogP) is 1.03. The van der Waals surface area contributed by atoms with E-state index in [0.29, 0.717) is 6.04 Å². The molecular formula is C13H19N5O. The Hall–Kier alpha value is -1.66. The molecule has 1 unspecified atom stereocenters. The zero-order valence-electron chi connectivity index (χ0n) is 11.1. The van der Waals surface area contributed by atoms with Gasteiger partial charge >= 0.3 is 0 Å². The zero-order valence-corrected chi connectivity index (χ0v) is 11.1. The molecule has 1 N–H and O–H groups in total. The second-order valence-electron chi connectivity index (χ2n) is 4.99.